The molecule has 1 atom stereocenters. The van der Waals surface area contributed by atoms with E-state index in [2.05, 4.69) is 21.2 Å². The fourth-order valence-corrected chi connectivity index (χ4v) is 2.09. The number of rotatable bonds is 5. The Labute approximate surface area is 122 Å². The lowest BCUT2D eigenvalue weighted by atomic mass is 10.2. The summed E-state index contributed by atoms with van der Waals surface area (Å²) < 4.78 is 6.38. The van der Waals surface area contributed by atoms with Crippen molar-refractivity contribution in [2.24, 2.45) is 0 Å². The minimum Gasteiger partial charge on any atom is -0.389 e. The average molecular weight is 337 g/mol. The van der Waals surface area contributed by atoms with Gasteiger partial charge in [-0.2, -0.15) is 0 Å². The van der Waals surface area contributed by atoms with Crippen LogP contribution in [-0.2, 0) is 4.74 Å². The molecular formula is C13H19BrClNO2. The van der Waals surface area contributed by atoms with E-state index in [4.69, 9.17) is 16.3 Å². The molecule has 1 rings (SSSR count). The third-order valence-electron chi connectivity index (χ3n) is 2.17. The van der Waals surface area contributed by atoms with Crippen LogP contribution in [-0.4, -0.2) is 30.0 Å². The topological polar surface area (TPSA) is 41.5 Å². The third kappa shape index (κ3) is 6.05. The Morgan fingerprint density at radius 3 is 2.67 bits per heavy atom. The van der Waals surface area contributed by atoms with Gasteiger partial charge in [-0.15, -0.1) is 0 Å². The van der Waals surface area contributed by atoms with Crippen molar-refractivity contribution >= 4 is 33.2 Å². The largest absolute Gasteiger partial charge is 0.389 e. The normalized spacial score (nSPS) is 13.4. The quantitative estimate of drug-likeness (QED) is 0.861. The second-order valence-electron chi connectivity index (χ2n) is 5.08. The van der Waals surface area contributed by atoms with E-state index in [0.717, 1.165) is 10.2 Å². The Morgan fingerprint density at radius 2 is 2.11 bits per heavy atom. The van der Waals surface area contributed by atoms with Crippen LogP contribution in [0.15, 0.2) is 22.7 Å². The van der Waals surface area contributed by atoms with Crippen molar-refractivity contribution < 1.29 is 9.84 Å². The van der Waals surface area contributed by atoms with E-state index in [1.807, 2.05) is 32.9 Å². The summed E-state index contributed by atoms with van der Waals surface area (Å²) in [5, 5.41) is 13.6. The molecule has 1 aromatic rings. The van der Waals surface area contributed by atoms with Crippen LogP contribution in [0.1, 0.15) is 20.8 Å². The lowest BCUT2D eigenvalue weighted by Crippen LogP contribution is -2.30. The van der Waals surface area contributed by atoms with Crippen molar-refractivity contribution in [3.8, 4) is 0 Å². The fourth-order valence-electron chi connectivity index (χ4n) is 1.27. The van der Waals surface area contributed by atoms with Crippen molar-refractivity contribution in [3.63, 3.8) is 0 Å². The van der Waals surface area contributed by atoms with E-state index in [1.54, 1.807) is 6.07 Å². The lowest BCUT2D eigenvalue weighted by Gasteiger charge is -2.22. The number of hydrogen-bond donors (Lipinski definition) is 2. The molecule has 5 heteroatoms. The van der Waals surface area contributed by atoms with Crippen molar-refractivity contribution in [1.29, 1.82) is 0 Å². The minimum absolute atomic E-state index is 0.234. The number of halogens is 2. The summed E-state index contributed by atoms with van der Waals surface area (Å²) in [6.07, 6.45) is -0.549. The molecule has 0 aromatic heterocycles. The van der Waals surface area contributed by atoms with E-state index in [9.17, 15) is 5.11 Å². The van der Waals surface area contributed by atoms with Crippen molar-refractivity contribution in [3.05, 3.63) is 27.7 Å². The van der Waals surface area contributed by atoms with Gasteiger partial charge >= 0.3 is 0 Å². The van der Waals surface area contributed by atoms with Gasteiger partial charge in [-0.1, -0.05) is 11.6 Å². The lowest BCUT2D eigenvalue weighted by molar-refractivity contribution is -0.0449. The van der Waals surface area contributed by atoms with Gasteiger partial charge in [0.05, 0.1) is 18.3 Å². The standard InChI is InChI=1S/C13H19BrClNO2/c1-13(2,3)18-8-10(17)7-16-12-5-4-9(15)6-11(12)14/h4-6,10,16-17H,7-8H2,1-3H3. The molecule has 0 aliphatic heterocycles. The SMILES string of the molecule is CC(C)(C)OCC(O)CNc1ccc(Cl)cc1Br. The van der Waals surface area contributed by atoms with Gasteiger partial charge in [-0.05, 0) is 54.9 Å². The van der Waals surface area contributed by atoms with Gasteiger partial charge in [0.25, 0.3) is 0 Å². The van der Waals surface area contributed by atoms with Gasteiger partial charge in [0.2, 0.25) is 0 Å². The first kappa shape index (κ1) is 15.8. The molecule has 1 aromatic carbocycles. The molecule has 0 saturated heterocycles. The van der Waals surface area contributed by atoms with Gasteiger partial charge in [0.15, 0.2) is 0 Å². The van der Waals surface area contributed by atoms with Crippen LogP contribution in [0.2, 0.25) is 5.02 Å². The van der Waals surface area contributed by atoms with E-state index in [1.165, 1.54) is 0 Å². The van der Waals surface area contributed by atoms with Gasteiger partial charge in [0, 0.05) is 21.7 Å². The van der Waals surface area contributed by atoms with E-state index < -0.39 is 6.10 Å². The highest BCUT2D eigenvalue weighted by atomic mass is 79.9. The molecule has 0 heterocycles. The van der Waals surface area contributed by atoms with Crippen LogP contribution in [0.25, 0.3) is 0 Å². The number of ether oxygens (including phenoxy) is 1. The first-order chi connectivity index (χ1) is 8.28. The fraction of sp³-hybridized carbons (Fsp3) is 0.538. The third-order valence-corrected chi connectivity index (χ3v) is 3.06. The first-order valence-electron chi connectivity index (χ1n) is 5.79. The summed E-state index contributed by atoms with van der Waals surface area (Å²) in [6.45, 7) is 6.62. The molecule has 0 amide bonds. The van der Waals surface area contributed by atoms with Gasteiger partial charge in [-0.3, -0.25) is 0 Å². The van der Waals surface area contributed by atoms with Crippen LogP contribution in [0.3, 0.4) is 0 Å². The number of benzene rings is 1. The first-order valence-corrected chi connectivity index (χ1v) is 6.96. The molecule has 0 radical (unpaired) electrons. The van der Waals surface area contributed by atoms with Crippen LogP contribution in [0.5, 0.6) is 0 Å². The maximum absolute atomic E-state index is 9.79. The molecule has 0 fully saturated rings. The Kier molecular flexibility index (Phi) is 5.92. The Hall–Kier alpha value is -0.290. The monoisotopic (exact) mass is 335 g/mol. The number of aliphatic hydroxyl groups is 1. The van der Waals surface area contributed by atoms with Crippen molar-refractivity contribution in [2.75, 3.05) is 18.5 Å². The molecular weight excluding hydrogens is 318 g/mol. The van der Waals surface area contributed by atoms with E-state index >= 15 is 0 Å². The zero-order valence-electron chi connectivity index (χ0n) is 10.8. The van der Waals surface area contributed by atoms with Gasteiger partial charge in [-0.25, -0.2) is 0 Å². The summed E-state index contributed by atoms with van der Waals surface area (Å²) >= 11 is 9.26. The van der Waals surface area contributed by atoms with Crippen LogP contribution in [0.4, 0.5) is 5.69 Å². The number of hydrogen-bond acceptors (Lipinski definition) is 3. The Balaban J connectivity index is 2.40. The van der Waals surface area contributed by atoms with Crippen LogP contribution >= 0.6 is 27.5 Å². The minimum atomic E-state index is -0.549. The summed E-state index contributed by atoms with van der Waals surface area (Å²) in [7, 11) is 0. The second kappa shape index (κ2) is 6.75. The highest BCUT2D eigenvalue weighted by molar-refractivity contribution is 9.10. The summed E-state index contributed by atoms with van der Waals surface area (Å²) in [4.78, 5) is 0. The molecule has 0 bridgehead atoms. The van der Waals surface area contributed by atoms with Crippen molar-refractivity contribution in [2.45, 2.75) is 32.5 Å². The smallest absolute Gasteiger partial charge is 0.0945 e. The molecule has 0 spiro atoms. The Bertz CT molecular complexity index is 393. The molecule has 18 heavy (non-hydrogen) atoms. The molecule has 102 valence electrons. The summed E-state index contributed by atoms with van der Waals surface area (Å²) in [5.41, 5.74) is 0.663. The molecule has 3 nitrogen and oxygen atoms in total. The van der Waals surface area contributed by atoms with Gasteiger partial charge in [0.1, 0.15) is 0 Å². The predicted molar refractivity (Wildman–Crippen MR) is 79.4 cm³/mol. The van der Waals surface area contributed by atoms with Crippen LogP contribution in [0, 0.1) is 0 Å². The molecule has 0 aliphatic carbocycles. The molecule has 0 aliphatic rings. The molecule has 2 N–H and O–H groups in total. The van der Waals surface area contributed by atoms with Crippen molar-refractivity contribution in [1.82, 2.24) is 0 Å². The maximum atomic E-state index is 9.79. The zero-order chi connectivity index (χ0) is 13.8. The summed E-state index contributed by atoms with van der Waals surface area (Å²) in [6, 6.07) is 5.47. The highest BCUT2D eigenvalue weighted by Crippen LogP contribution is 2.25. The average Bonchev–Trinajstić information content (AvgIpc) is 2.24. The highest BCUT2D eigenvalue weighted by Gasteiger charge is 2.13. The van der Waals surface area contributed by atoms with E-state index in [-0.39, 0.29) is 5.60 Å². The molecule has 0 saturated carbocycles. The maximum Gasteiger partial charge on any atom is 0.0945 e. The van der Waals surface area contributed by atoms with Gasteiger partial charge < -0.3 is 15.2 Å². The Morgan fingerprint density at radius 1 is 1.44 bits per heavy atom. The summed E-state index contributed by atoms with van der Waals surface area (Å²) in [5.74, 6) is 0. The second-order valence-corrected chi connectivity index (χ2v) is 6.37. The van der Waals surface area contributed by atoms with E-state index in [0.29, 0.717) is 18.2 Å². The van der Waals surface area contributed by atoms with Crippen LogP contribution < -0.4 is 5.32 Å². The number of anilines is 1. The predicted octanol–water partition coefficient (Wildman–Crippen LogP) is 3.69. The zero-order valence-corrected chi connectivity index (χ0v) is 13.2. The number of nitrogens with one attached hydrogen (secondary N) is 1. The molecule has 1 unspecified atom stereocenters. The number of aliphatic hydroxyl groups excluding tert-OH is 1.